The molecule has 0 atom stereocenters. The third-order valence-electron chi connectivity index (χ3n) is 3.53. The number of rotatable bonds is 1. The summed E-state index contributed by atoms with van der Waals surface area (Å²) >= 11 is 0. The minimum absolute atomic E-state index is 0.530. The summed E-state index contributed by atoms with van der Waals surface area (Å²) < 4.78 is 5.38. The van der Waals surface area contributed by atoms with Gasteiger partial charge in [0.2, 0.25) is 0 Å². The summed E-state index contributed by atoms with van der Waals surface area (Å²) in [5.41, 5.74) is 8.00. The maximum absolute atomic E-state index is 5.63. The van der Waals surface area contributed by atoms with Gasteiger partial charge in [-0.25, -0.2) is 0 Å². The molecule has 0 aromatic carbocycles. The van der Waals surface area contributed by atoms with Crippen molar-refractivity contribution in [2.24, 2.45) is 5.73 Å². The van der Waals surface area contributed by atoms with Gasteiger partial charge in [-0.15, -0.1) is 0 Å². The third-order valence-corrected chi connectivity index (χ3v) is 3.53. The zero-order chi connectivity index (χ0) is 8.84. The third kappa shape index (κ3) is 0.908. The monoisotopic (exact) mass is 178 g/mol. The first-order valence-corrected chi connectivity index (χ1v) is 5.08. The fourth-order valence-corrected chi connectivity index (χ4v) is 2.87. The molecule has 3 aliphatic carbocycles. The van der Waals surface area contributed by atoms with Gasteiger partial charge in [0.15, 0.2) is 0 Å². The van der Waals surface area contributed by atoms with Crippen molar-refractivity contribution in [2.75, 3.05) is 0 Å². The Morgan fingerprint density at radius 2 is 1.92 bits per heavy atom. The van der Waals surface area contributed by atoms with Crippen LogP contribution in [-0.4, -0.2) is 5.16 Å². The van der Waals surface area contributed by atoms with Gasteiger partial charge in [0.05, 0.1) is 0 Å². The first kappa shape index (κ1) is 7.56. The quantitative estimate of drug-likeness (QED) is 0.714. The SMILES string of the molecule is NCc1noc2c1C1CCC2CC1. The van der Waals surface area contributed by atoms with Crippen molar-refractivity contribution in [3.63, 3.8) is 0 Å². The van der Waals surface area contributed by atoms with Crippen LogP contribution in [0.3, 0.4) is 0 Å². The van der Waals surface area contributed by atoms with Gasteiger partial charge in [-0.05, 0) is 31.6 Å². The molecule has 3 nitrogen and oxygen atoms in total. The number of hydrogen-bond donors (Lipinski definition) is 1. The van der Waals surface area contributed by atoms with Crippen LogP contribution in [0.1, 0.15) is 54.5 Å². The molecule has 70 valence electrons. The number of nitrogens with zero attached hydrogens (tertiary/aromatic N) is 1. The second-order valence-electron chi connectivity index (χ2n) is 4.16. The molecule has 0 saturated heterocycles. The van der Waals surface area contributed by atoms with E-state index in [2.05, 4.69) is 5.16 Å². The zero-order valence-corrected chi connectivity index (χ0v) is 7.62. The average molecular weight is 178 g/mol. The first-order chi connectivity index (χ1) is 6.40. The molecule has 13 heavy (non-hydrogen) atoms. The summed E-state index contributed by atoms with van der Waals surface area (Å²) in [7, 11) is 0. The van der Waals surface area contributed by atoms with Gasteiger partial charge in [-0.3, -0.25) is 0 Å². The molecular weight excluding hydrogens is 164 g/mol. The lowest BCUT2D eigenvalue weighted by molar-refractivity contribution is 0.278. The van der Waals surface area contributed by atoms with E-state index in [0.29, 0.717) is 18.4 Å². The highest BCUT2D eigenvalue weighted by molar-refractivity contribution is 5.34. The predicted molar refractivity (Wildman–Crippen MR) is 48.3 cm³/mol. The lowest BCUT2D eigenvalue weighted by atomic mass is 9.69. The fourth-order valence-electron chi connectivity index (χ4n) is 2.87. The number of fused-ring (bicyclic) bond motifs is 2. The normalized spacial score (nSPS) is 30.5. The Bertz CT molecular complexity index is 324. The highest BCUT2D eigenvalue weighted by Crippen LogP contribution is 2.50. The Labute approximate surface area is 77.3 Å². The van der Waals surface area contributed by atoms with Gasteiger partial charge in [0.25, 0.3) is 0 Å². The van der Waals surface area contributed by atoms with Crippen LogP contribution < -0.4 is 5.73 Å². The molecule has 0 aliphatic heterocycles. The maximum Gasteiger partial charge on any atom is 0.143 e. The first-order valence-electron chi connectivity index (χ1n) is 5.08. The maximum atomic E-state index is 5.63. The minimum atomic E-state index is 0.530. The van der Waals surface area contributed by atoms with Crippen LogP contribution in [0.4, 0.5) is 0 Å². The van der Waals surface area contributed by atoms with Crippen molar-refractivity contribution in [2.45, 2.75) is 44.1 Å². The highest BCUT2D eigenvalue weighted by Gasteiger charge is 2.38. The summed E-state index contributed by atoms with van der Waals surface area (Å²) in [6.07, 6.45) is 5.20. The Hall–Kier alpha value is -0.830. The zero-order valence-electron chi connectivity index (χ0n) is 7.62. The van der Waals surface area contributed by atoms with Crippen molar-refractivity contribution in [3.8, 4) is 0 Å². The predicted octanol–water partition coefficient (Wildman–Crippen LogP) is 1.89. The van der Waals surface area contributed by atoms with Gasteiger partial charge in [0, 0.05) is 18.0 Å². The van der Waals surface area contributed by atoms with Crippen molar-refractivity contribution in [3.05, 3.63) is 17.0 Å². The average Bonchev–Trinajstić information content (AvgIpc) is 2.64. The molecule has 4 rings (SSSR count). The van der Waals surface area contributed by atoms with Crippen molar-refractivity contribution >= 4 is 0 Å². The van der Waals surface area contributed by atoms with Crippen LogP contribution >= 0.6 is 0 Å². The molecule has 1 aromatic rings. The molecule has 3 aliphatic rings. The van der Waals surface area contributed by atoms with E-state index in [-0.39, 0.29) is 0 Å². The van der Waals surface area contributed by atoms with Crippen molar-refractivity contribution < 1.29 is 4.52 Å². The number of aromatic nitrogens is 1. The van der Waals surface area contributed by atoms with Crippen LogP contribution in [-0.2, 0) is 6.54 Å². The molecule has 0 spiro atoms. The second kappa shape index (κ2) is 2.58. The molecule has 1 fully saturated rings. The highest BCUT2D eigenvalue weighted by atomic mass is 16.5. The smallest absolute Gasteiger partial charge is 0.143 e. The van der Waals surface area contributed by atoms with Gasteiger partial charge in [0.1, 0.15) is 11.5 Å². The Morgan fingerprint density at radius 1 is 1.23 bits per heavy atom. The molecule has 0 radical (unpaired) electrons. The Morgan fingerprint density at radius 3 is 2.62 bits per heavy atom. The van der Waals surface area contributed by atoms with Gasteiger partial charge >= 0.3 is 0 Å². The molecule has 0 amide bonds. The molecule has 1 aromatic heterocycles. The molecular formula is C10H14N2O. The topological polar surface area (TPSA) is 52.0 Å². The van der Waals surface area contributed by atoms with Crippen LogP contribution in [0.25, 0.3) is 0 Å². The van der Waals surface area contributed by atoms with Crippen LogP contribution in [0.15, 0.2) is 4.52 Å². The van der Waals surface area contributed by atoms with Gasteiger partial charge < -0.3 is 10.3 Å². The Kier molecular flexibility index (Phi) is 1.50. The number of hydrogen-bond acceptors (Lipinski definition) is 3. The summed E-state index contributed by atoms with van der Waals surface area (Å²) in [4.78, 5) is 0. The van der Waals surface area contributed by atoms with E-state index in [0.717, 1.165) is 11.5 Å². The molecule has 1 saturated carbocycles. The van der Waals surface area contributed by atoms with Gasteiger partial charge in [-0.1, -0.05) is 5.16 Å². The molecule has 2 N–H and O–H groups in total. The lowest BCUT2D eigenvalue weighted by Crippen LogP contribution is -2.21. The van der Waals surface area contributed by atoms with E-state index in [1.54, 1.807) is 0 Å². The van der Waals surface area contributed by atoms with Crippen LogP contribution in [0.5, 0.6) is 0 Å². The van der Waals surface area contributed by atoms with E-state index in [9.17, 15) is 0 Å². The second-order valence-corrected chi connectivity index (χ2v) is 4.16. The molecule has 1 heterocycles. The van der Waals surface area contributed by atoms with Crippen LogP contribution in [0, 0.1) is 0 Å². The van der Waals surface area contributed by atoms with Gasteiger partial charge in [-0.2, -0.15) is 0 Å². The Balaban J connectivity index is 2.15. The minimum Gasteiger partial charge on any atom is -0.360 e. The summed E-state index contributed by atoms with van der Waals surface area (Å²) in [5.74, 6) is 2.50. The van der Waals surface area contributed by atoms with Crippen LogP contribution in [0.2, 0.25) is 0 Å². The largest absolute Gasteiger partial charge is 0.360 e. The van der Waals surface area contributed by atoms with E-state index in [1.165, 1.54) is 31.2 Å². The molecule has 3 heteroatoms. The van der Waals surface area contributed by atoms with E-state index >= 15 is 0 Å². The van der Waals surface area contributed by atoms with Crippen molar-refractivity contribution in [1.82, 2.24) is 5.16 Å². The summed E-state index contributed by atoms with van der Waals surface area (Å²) in [6.45, 7) is 0.530. The fraction of sp³-hybridized carbons (Fsp3) is 0.700. The lowest BCUT2D eigenvalue weighted by Gasteiger charge is -2.34. The number of nitrogens with two attached hydrogens (primary N) is 1. The van der Waals surface area contributed by atoms with E-state index < -0.39 is 0 Å². The molecule has 0 unspecified atom stereocenters. The van der Waals surface area contributed by atoms with E-state index in [1.807, 2.05) is 0 Å². The van der Waals surface area contributed by atoms with E-state index in [4.69, 9.17) is 10.3 Å². The summed E-state index contributed by atoms with van der Waals surface area (Å²) in [5, 5.41) is 4.06. The van der Waals surface area contributed by atoms with Crippen molar-refractivity contribution in [1.29, 1.82) is 0 Å². The summed E-state index contributed by atoms with van der Waals surface area (Å²) in [6, 6.07) is 0. The standard InChI is InChI=1S/C10H14N2O/c11-5-8-9-6-1-3-7(4-2-6)10(9)13-12-8/h6-7H,1-5,11H2. The molecule has 2 bridgehead atoms.